The maximum atomic E-state index is 12.5. The molecule has 10 heteroatoms. The molecule has 3 rings (SSSR count). The SMILES string of the molecule is CCn1c(COc2ccccc2OC)nnc1S[C@H](C)C(=O)Nc1nc(C)cs1. The lowest BCUT2D eigenvalue weighted by Gasteiger charge is -2.13. The number of aromatic nitrogens is 4. The summed E-state index contributed by atoms with van der Waals surface area (Å²) in [6, 6.07) is 7.45. The summed E-state index contributed by atoms with van der Waals surface area (Å²) in [7, 11) is 1.60. The maximum absolute atomic E-state index is 12.5. The van der Waals surface area contributed by atoms with Gasteiger partial charge in [0.25, 0.3) is 0 Å². The number of methoxy groups -OCH3 is 1. The van der Waals surface area contributed by atoms with Gasteiger partial charge in [-0.3, -0.25) is 4.79 Å². The van der Waals surface area contributed by atoms with Crippen molar-refractivity contribution in [3.05, 3.63) is 41.2 Å². The van der Waals surface area contributed by atoms with E-state index in [1.165, 1.54) is 23.1 Å². The Labute approximate surface area is 177 Å². The van der Waals surface area contributed by atoms with Gasteiger partial charge in [-0.25, -0.2) is 4.98 Å². The molecule has 1 aromatic carbocycles. The first-order valence-electron chi connectivity index (χ1n) is 9.09. The lowest BCUT2D eigenvalue weighted by Crippen LogP contribution is -2.23. The second-order valence-electron chi connectivity index (χ2n) is 6.13. The average molecular weight is 434 g/mol. The molecule has 8 nitrogen and oxygen atoms in total. The summed E-state index contributed by atoms with van der Waals surface area (Å²) in [5.41, 5.74) is 0.885. The van der Waals surface area contributed by atoms with E-state index in [0.29, 0.717) is 34.2 Å². The Morgan fingerprint density at radius 3 is 2.72 bits per heavy atom. The van der Waals surface area contributed by atoms with Crippen LogP contribution in [0.4, 0.5) is 5.13 Å². The van der Waals surface area contributed by atoms with Crippen molar-refractivity contribution in [3.63, 3.8) is 0 Å². The molecule has 29 heavy (non-hydrogen) atoms. The molecule has 1 atom stereocenters. The summed E-state index contributed by atoms with van der Waals surface area (Å²) >= 11 is 2.76. The minimum Gasteiger partial charge on any atom is -0.493 e. The number of rotatable bonds is 9. The molecule has 154 valence electrons. The second kappa shape index (κ2) is 9.75. The van der Waals surface area contributed by atoms with Crippen molar-refractivity contribution in [1.82, 2.24) is 19.7 Å². The van der Waals surface area contributed by atoms with E-state index in [0.717, 1.165) is 5.69 Å². The zero-order chi connectivity index (χ0) is 20.8. The van der Waals surface area contributed by atoms with Crippen LogP contribution in [0.15, 0.2) is 34.8 Å². The molecular weight excluding hydrogens is 410 g/mol. The molecule has 0 fully saturated rings. The fourth-order valence-electron chi connectivity index (χ4n) is 2.54. The van der Waals surface area contributed by atoms with E-state index < -0.39 is 0 Å². The van der Waals surface area contributed by atoms with Gasteiger partial charge in [-0.1, -0.05) is 23.9 Å². The quantitative estimate of drug-likeness (QED) is 0.514. The number of para-hydroxylation sites is 2. The first-order chi connectivity index (χ1) is 14.0. The molecule has 0 spiro atoms. The third-order valence-electron chi connectivity index (χ3n) is 4.04. The first-order valence-corrected chi connectivity index (χ1v) is 10.8. The number of hydrogen-bond acceptors (Lipinski definition) is 8. The number of nitrogens with one attached hydrogen (secondary N) is 1. The molecule has 2 heterocycles. The fraction of sp³-hybridized carbons (Fsp3) is 0.368. The molecule has 0 saturated carbocycles. The lowest BCUT2D eigenvalue weighted by molar-refractivity contribution is -0.115. The third-order valence-corrected chi connectivity index (χ3v) is 5.99. The highest BCUT2D eigenvalue weighted by Crippen LogP contribution is 2.28. The molecule has 3 aromatic rings. The summed E-state index contributed by atoms with van der Waals surface area (Å²) in [5, 5.41) is 14.1. The summed E-state index contributed by atoms with van der Waals surface area (Å²) in [4.78, 5) is 16.7. The van der Waals surface area contributed by atoms with Gasteiger partial charge >= 0.3 is 0 Å². The largest absolute Gasteiger partial charge is 0.493 e. The number of aryl methyl sites for hydroxylation is 1. The van der Waals surface area contributed by atoms with E-state index in [4.69, 9.17) is 9.47 Å². The number of thioether (sulfide) groups is 1. The molecule has 0 saturated heterocycles. The van der Waals surface area contributed by atoms with Crippen LogP contribution in [0.5, 0.6) is 11.5 Å². The Bertz CT molecular complexity index is 972. The minimum absolute atomic E-state index is 0.123. The van der Waals surface area contributed by atoms with Gasteiger partial charge in [0.15, 0.2) is 27.6 Å². The van der Waals surface area contributed by atoms with Crippen LogP contribution < -0.4 is 14.8 Å². The molecule has 0 bridgehead atoms. The van der Waals surface area contributed by atoms with Crippen LogP contribution >= 0.6 is 23.1 Å². The normalized spacial score (nSPS) is 11.9. The second-order valence-corrected chi connectivity index (χ2v) is 8.29. The highest BCUT2D eigenvalue weighted by atomic mass is 32.2. The smallest absolute Gasteiger partial charge is 0.239 e. The Morgan fingerprint density at radius 1 is 1.31 bits per heavy atom. The molecule has 0 radical (unpaired) electrons. The molecule has 0 aliphatic carbocycles. The highest BCUT2D eigenvalue weighted by Gasteiger charge is 2.21. The monoisotopic (exact) mass is 433 g/mol. The van der Waals surface area contributed by atoms with Crippen LogP contribution in [0, 0.1) is 6.92 Å². The van der Waals surface area contributed by atoms with Crippen molar-refractivity contribution in [3.8, 4) is 11.5 Å². The van der Waals surface area contributed by atoms with E-state index in [-0.39, 0.29) is 17.8 Å². The Kier molecular flexibility index (Phi) is 7.10. The predicted molar refractivity (Wildman–Crippen MR) is 114 cm³/mol. The van der Waals surface area contributed by atoms with Gasteiger partial charge in [0.05, 0.1) is 18.1 Å². The topological polar surface area (TPSA) is 91.2 Å². The van der Waals surface area contributed by atoms with Crippen molar-refractivity contribution in [1.29, 1.82) is 0 Å². The van der Waals surface area contributed by atoms with Gasteiger partial charge in [-0.2, -0.15) is 0 Å². The zero-order valence-corrected chi connectivity index (χ0v) is 18.3. The number of hydrogen-bond donors (Lipinski definition) is 1. The first kappa shape index (κ1) is 21.1. The minimum atomic E-state index is -0.350. The molecule has 1 amide bonds. The fourth-order valence-corrected chi connectivity index (χ4v) is 4.16. The predicted octanol–water partition coefficient (Wildman–Crippen LogP) is 3.77. The summed E-state index contributed by atoms with van der Waals surface area (Å²) in [5.74, 6) is 1.86. The molecule has 0 aliphatic heterocycles. The number of nitrogens with zero attached hydrogens (tertiary/aromatic N) is 4. The average Bonchev–Trinajstić information content (AvgIpc) is 3.31. The van der Waals surface area contributed by atoms with Crippen LogP contribution in [0.2, 0.25) is 0 Å². The van der Waals surface area contributed by atoms with Crippen LogP contribution in [-0.4, -0.2) is 38.0 Å². The van der Waals surface area contributed by atoms with Crippen molar-refractivity contribution < 1.29 is 14.3 Å². The van der Waals surface area contributed by atoms with Crippen LogP contribution in [-0.2, 0) is 17.9 Å². The highest BCUT2D eigenvalue weighted by molar-refractivity contribution is 8.00. The van der Waals surface area contributed by atoms with Gasteiger partial charge in [0.1, 0.15) is 6.61 Å². The van der Waals surface area contributed by atoms with Crippen LogP contribution in [0.25, 0.3) is 0 Å². The number of carbonyl (C=O) groups is 1. The molecule has 0 unspecified atom stereocenters. The van der Waals surface area contributed by atoms with Gasteiger partial charge in [0, 0.05) is 11.9 Å². The molecule has 0 aliphatic rings. The van der Waals surface area contributed by atoms with E-state index in [2.05, 4.69) is 20.5 Å². The number of benzene rings is 1. The number of ether oxygens (including phenoxy) is 2. The summed E-state index contributed by atoms with van der Waals surface area (Å²) in [6.45, 7) is 6.65. The number of thiazole rings is 1. The van der Waals surface area contributed by atoms with E-state index in [9.17, 15) is 4.79 Å². The van der Waals surface area contributed by atoms with Crippen LogP contribution in [0.1, 0.15) is 25.4 Å². The van der Waals surface area contributed by atoms with Crippen molar-refractivity contribution in [2.75, 3.05) is 12.4 Å². The molecule has 1 N–H and O–H groups in total. The third kappa shape index (κ3) is 5.27. The maximum Gasteiger partial charge on any atom is 0.239 e. The van der Waals surface area contributed by atoms with E-state index in [1.807, 2.05) is 55.0 Å². The summed E-state index contributed by atoms with van der Waals surface area (Å²) < 4.78 is 13.1. The number of carbonyl (C=O) groups excluding carboxylic acids is 1. The van der Waals surface area contributed by atoms with E-state index in [1.54, 1.807) is 7.11 Å². The standard InChI is InChI=1S/C19H23N5O3S2/c1-5-24-16(10-27-15-9-7-6-8-14(15)26-4)22-23-19(24)29-13(3)17(25)21-18-20-12(2)11-28-18/h6-9,11,13H,5,10H2,1-4H3,(H,20,21,25)/t13-/m1/s1. The van der Waals surface area contributed by atoms with Gasteiger partial charge in [0.2, 0.25) is 5.91 Å². The molecular formula is C19H23N5O3S2. The Morgan fingerprint density at radius 2 is 2.07 bits per heavy atom. The lowest BCUT2D eigenvalue weighted by atomic mass is 10.3. The Balaban J connectivity index is 1.64. The van der Waals surface area contributed by atoms with E-state index >= 15 is 0 Å². The summed E-state index contributed by atoms with van der Waals surface area (Å²) in [6.07, 6.45) is 0. The zero-order valence-electron chi connectivity index (χ0n) is 16.7. The van der Waals surface area contributed by atoms with Crippen LogP contribution in [0.3, 0.4) is 0 Å². The van der Waals surface area contributed by atoms with Crippen molar-refractivity contribution in [2.45, 2.75) is 44.3 Å². The number of anilines is 1. The van der Waals surface area contributed by atoms with Gasteiger partial charge < -0.3 is 19.4 Å². The van der Waals surface area contributed by atoms with Crippen molar-refractivity contribution in [2.24, 2.45) is 0 Å². The van der Waals surface area contributed by atoms with Gasteiger partial charge in [-0.05, 0) is 32.9 Å². The number of amides is 1. The molecule has 2 aromatic heterocycles. The van der Waals surface area contributed by atoms with Gasteiger partial charge in [-0.15, -0.1) is 21.5 Å². The van der Waals surface area contributed by atoms with Crippen molar-refractivity contribution >= 4 is 34.1 Å². The Hall–Kier alpha value is -2.59.